The summed E-state index contributed by atoms with van der Waals surface area (Å²) in [5.41, 5.74) is 19.4. The average Bonchev–Trinajstić information content (AvgIpc) is 3.80. The number of hydrogen-bond acceptors (Lipinski definition) is 1. The molecule has 0 saturated heterocycles. The van der Waals surface area contributed by atoms with Gasteiger partial charge in [0.2, 0.25) is 0 Å². The molecule has 2 nitrogen and oxygen atoms in total. The molecule has 1 aromatic heterocycles. The predicted octanol–water partition coefficient (Wildman–Crippen LogP) is 16.7. The number of hydrogen-bond donors (Lipinski definition) is 0. The standard InChI is InChI=1S/C61H44N2/c1-61(2)54-26-12-8-24-52(54)60-51(25-16-27-55(60)61)49-22-10-14-29-57(49)63(56-28-13-9-21-48(56)45-32-31-41-17-6-7-18-43(41)39-45)47-36-33-42(34-37-47)44-35-38-59-53(40-44)50-23-11-15-30-58(50)62(59)46-19-4-3-5-20-46/h3-40H,1-2H3. The van der Waals surface area contributed by atoms with E-state index in [1.165, 1.54) is 93.9 Å². The Morgan fingerprint density at radius 2 is 0.952 bits per heavy atom. The molecule has 10 aromatic carbocycles. The highest BCUT2D eigenvalue weighted by atomic mass is 15.1. The summed E-state index contributed by atoms with van der Waals surface area (Å²) in [6, 6.07) is 84.7. The molecule has 11 aromatic rings. The maximum Gasteiger partial charge on any atom is 0.0541 e. The molecule has 0 unspecified atom stereocenters. The Bertz CT molecular complexity index is 3540. The molecule has 2 heteroatoms. The van der Waals surface area contributed by atoms with Gasteiger partial charge in [-0.05, 0) is 116 Å². The van der Waals surface area contributed by atoms with E-state index in [0.717, 1.165) is 17.1 Å². The van der Waals surface area contributed by atoms with E-state index in [9.17, 15) is 0 Å². The highest BCUT2D eigenvalue weighted by Gasteiger charge is 2.37. The SMILES string of the molecule is CC1(C)c2ccccc2-c2c(-c3ccccc3N(c3ccc(-c4ccc5c(c4)c4ccccc4n5-c4ccccc4)cc3)c3ccccc3-c3ccc4ccccc4c3)cccc21. The topological polar surface area (TPSA) is 8.17 Å². The van der Waals surface area contributed by atoms with Crippen LogP contribution in [0.4, 0.5) is 17.1 Å². The van der Waals surface area contributed by atoms with Crippen LogP contribution in [0.2, 0.25) is 0 Å². The Kier molecular flexibility index (Phi) is 8.55. The summed E-state index contributed by atoms with van der Waals surface area (Å²) in [6.45, 7) is 4.72. The van der Waals surface area contributed by atoms with Crippen LogP contribution >= 0.6 is 0 Å². The Morgan fingerprint density at radius 3 is 1.78 bits per heavy atom. The molecule has 0 aliphatic heterocycles. The van der Waals surface area contributed by atoms with E-state index in [2.05, 4.69) is 254 Å². The first kappa shape index (κ1) is 36.9. The number of rotatable bonds is 7. The van der Waals surface area contributed by atoms with Crippen molar-refractivity contribution in [1.82, 2.24) is 4.57 Å². The fourth-order valence-corrected chi connectivity index (χ4v) is 10.4. The fraction of sp³-hybridized carbons (Fsp3) is 0.0492. The van der Waals surface area contributed by atoms with E-state index in [0.29, 0.717) is 0 Å². The van der Waals surface area contributed by atoms with Gasteiger partial charge in [0.05, 0.1) is 22.4 Å². The lowest BCUT2D eigenvalue weighted by Crippen LogP contribution is -2.15. The minimum atomic E-state index is -0.103. The smallest absolute Gasteiger partial charge is 0.0541 e. The van der Waals surface area contributed by atoms with Crippen LogP contribution in [-0.4, -0.2) is 4.57 Å². The maximum absolute atomic E-state index is 2.48. The Balaban J connectivity index is 1.04. The number of benzene rings is 10. The van der Waals surface area contributed by atoms with Crippen LogP contribution in [0.5, 0.6) is 0 Å². The summed E-state index contributed by atoms with van der Waals surface area (Å²) in [5.74, 6) is 0. The van der Waals surface area contributed by atoms with Gasteiger partial charge in [-0.25, -0.2) is 0 Å². The van der Waals surface area contributed by atoms with Crippen molar-refractivity contribution in [2.45, 2.75) is 19.3 Å². The van der Waals surface area contributed by atoms with Crippen molar-refractivity contribution in [2.75, 3.05) is 4.90 Å². The summed E-state index contributed by atoms with van der Waals surface area (Å²) in [6.07, 6.45) is 0. The molecule has 0 atom stereocenters. The van der Waals surface area contributed by atoms with Crippen LogP contribution in [-0.2, 0) is 5.41 Å². The Labute approximate surface area is 368 Å². The Hall–Kier alpha value is -7.94. The molecule has 0 bridgehead atoms. The largest absolute Gasteiger partial charge is 0.309 e. The van der Waals surface area contributed by atoms with Gasteiger partial charge in [0, 0.05) is 38.7 Å². The number of aromatic nitrogens is 1. The van der Waals surface area contributed by atoms with Crippen LogP contribution in [0.15, 0.2) is 231 Å². The molecule has 0 saturated carbocycles. The lowest BCUT2D eigenvalue weighted by Gasteiger charge is -2.30. The number of nitrogens with zero attached hydrogens (tertiary/aromatic N) is 2. The van der Waals surface area contributed by atoms with Crippen molar-refractivity contribution in [3.05, 3.63) is 242 Å². The van der Waals surface area contributed by atoms with Crippen molar-refractivity contribution < 1.29 is 0 Å². The summed E-state index contributed by atoms with van der Waals surface area (Å²) >= 11 is 0. The molecule has 0 spiro atoms. The third-order valence-electron chi connectivity index (χ3n) is 13.4. The summed E-state index contributed by atoms with van der Waals surface area (Å²) in [7, 11) is 0. The van der Waals surface area contributed by atoms with Gasteiger partial charge in [-0.3, -0.25) is 0 Å². The van der Waals surface area contributed by atoms with Crippen molar-refractivity contribution in [3.8, 4) is 50.2 Å². The fourth-order valence-electron chi connectivity index (χ4n) is 10.4. The number of anilines is 3. The lowest BCUT2D eigenvalue weighted by atomic mass is 9.82. The highest BCUT2D eigenvalue weighted by molar-refractivity contribution is 6.10. The lowest BCUT2D eigenvalue weighted by molar-refractivity contribution is 0.660. The summed E-state index contributed by atoms with van der Waals surface area (Å²) in [4.78, 5) is 2.48. The highest BCUT2D eigenvalue weighted by Crippen LogP contribution is 2.54. The first-order valence-corrected chi connectivity index (χ1v) is 21.9. The van der Waals surface area contributed by atoms with Crippen LogP contribution in [0.3, 0.4) is 0 Å². The minimum Gasteiger partial charge on any atom is -0.309 e. The van der Waals surface area contributed by atoms with E-state index >= 15 is 0 Å². The molecule has 1 aliphatic carbocycles. The van der Waals surface area contributed by atoms with Crippen LogP contribution in [0.25, 0.3) is 82.8 Å². The third kappa shape index (κ3) is 5.94. The second kappa shape index (κ2) is 14.6. The zero-order chi connectivity index (χ0) is 42.1. The van der Waals surface area contributed by atoms with E-state index in [1.54, 1.807) is 0 Å². The van der Waals surface area contributed by atoms with E-state index in [-0.39, 0.29) is 5.41 Å². The number of para-hydroxylation sites is 4. The van der Waals surface area contributed by atoms with E-state index < -0.39 is 0 Å². The molecule has 0 amide bonds. The van der Waals surface area contributed by atoms with Gasteiger partial charge < -0.3 is 9.47 Å². The first-order chi connectivity index (χ1) is 31.0. The summed E-state index contributed by atoms with van der Waals surface area (Å²) in [5, 5.41) is 4.96. The zero-order valence-electron chi connectivity index (χ0n) is 35.3. The maximum atomic E-state index is 2.48. The van der Waals surface area contributed by atoms with Gasteiger partial charge in [-0.2, -0.15) is 0 Å². The molecule has 0 fully saturated rings. The van der Waals surface area contributed by atoms with Gasteiger partial charge in [0.1, 0.15) is 0 Å². The minimum absolute atomic E-state index is 0.103. The quantitative estimate of drug-likeness (QED) is 0.156. The van der Waals surface area contributed by atoms with E-state index in [4.69, 9.17) is 0 Å². The van der Waals surface area contributed by atoms with Crippen LogP contribution in [0.1, 0.15) is 25.0 Å². The molecule has 12 rings (SSSR count). The monoisotopic (exact) mass is 804 g/mol. The molecule has 1 aliphatic rings. The molecule has 0 N–H and O–H groups in total. The Morgan fingerprint density at radius 1 is 0.365 bits per heavy atom. The molecular formula is C61H44N2. The molecule has 0 radical (unpaired) electrons. The average molecular weight is 805 g/mol. The zero-order valence-corrected chi connectivity index (χ0v) is 35.3. The first-order valence-electron chi connectivity index (χ1n) is 21.9. The van der Waals surface area contributed by atoms with Crippen molar-refractivity contribution in [1.29, 1.82) is 0 Å². The molecule has 1 heterocycles. The molecular weight excluding hydrogens is 761 g/mol. The van der Waals surface area contributed by atoms with Gasteiger partial charge in [0.25, 0.3) is 0 Å². The second-order valence-electron chi connectivity index (χ2n) is 17.3. The predicted molar refractivity (Wildman–Crippen MR) is 267 cm³/mol. The molecule has 298 valence electrons. The summed E-state index contributed by atoms with van der Waals surface area (Å²) < 4.78 is 2.38. The van der Waals surface area contributed by atoms with Gasteiger partial charge >= 0.3 is 0 Å². The third-order valence-corrected chi connectivity index (χ3v) is 13.4. The number of fused-ring (bicyclic) bond motifs is 7. The van der Waals surface area contributed by atoms with Crippen LogP contribution in [0, 0.1) is 0 Å². The normalized spacial score (nSPS) is 12.7. The molecule has 63 heavy (non-hydrogen) atoms. The second-order valence-corrected chi connectivity index (χ2v) is 17.3. The van der Waals surface area contributed by atoms with E-state index in [1.807, 2.05) is 0 Å². The van der Waals surface area contributed by atoms with Gasteiger partial charge in [-0.15, -0.1) is 0 Å². The van der Waals surface area contributed by atoms with Crippen molar-refractivity contribution >= 4 is 49.6 Å². The van der Waals surface area contributed by atoms with Crippen LogP contribution < -0.4 is 4.90 Å². The van der Waals surface area contributed by atoms with Crippen molar-refractivity contribution in [3.63, 3.8) is 0 Å². The van der Waals surface area contributed by atoms with Crippen molar-refractivity contribution in [2.24, 2.45) is 0 Å². The van der Waals surface area contributed by atoms with Gasteiger partial charge in [0.15, 0.2) is 0 Å². The van der Waals surface area contributed by atoms with Gasteiger partial charge in [-0.1, -0.05) is 184 Å².